The van der Waals surface area contributed by atoms with Crippen molar-refractivity contribution in [1.29, 1.82) is 0 Å². The molecule has 1 heterocycles. The molecule has 5 heteroatoms. The van der Waals surface area contributed by atoms with Crippen molar-refractivity contribution in [2.75, 3.05) is 56.6 Å². The summed E-state index contributed by atoms with van der Waals surface area (Å²) in [4.78, 5) is 20.1. The van der Waals surface area contributed by atoms with Crippen LogP contribution in [0, 0.1) is 0 Å². The first kappa shape index (κ1) is 25.8. The van der Waals surface area contributed by atoms with Crippen molar-refractivity contribution in [3.63, 3.8) is 0 Å². The third-order valence-electron chi connectivity index (χ3n) is 7.14. The lowest BCUT2D eigenvalue weighted by molar-refractivity contribution is 0.0930. The average molecular weight is 485 g/mol. The average Bonchev–Trinajstić information content (AvgIpc) is 2.89. The number of anilines is 2. The van der Waals surface area contributed by atoms with Gasteiger partial charge in [0.05, 0.1) is 6.04 Å². The van der Waals surface area contributed by atoms with Crippen LogP contribution in [0.25, 0.3) is 0 Å². The number of piperazine rings is 1. The van der Waals surface area contributed by atoms with Crippen LogP contribution in [0.15, 0.2) is 78.9 Å². The molecule has 1 saturated heterocycles. The standard InChI is InChI=1S/C31H40N4O/c1-31(2,3)26-15-11-25(12-16-26)30(36)32-23-29(24-13-17-27(18-14-24)33(4)5)35-21-19-34(20-22-35)28-9-7-6-8-10-28/h6-18,29H,19-23H2,1-5H3,(H,32,36). The van der Waals surface area contributed by atoms with Crippen LogP contribution >= 0.6 is 0 Å². The van der Waals surface area contributed by atoms with Crippen molar-refractivity contribution in [3.05, 3.63) is 95.6 Å². The topological polar surface area (TPSA) is 38.8 Å². The fraction of sp³-hybridized carbons (Fsp3) is 0.387. The maximum Gasteiger partial charge on any atom is 0.251 e. The number of rotatable bonds is 7. The van der Waals surface area contributed by atoms with Crippen molar-refractivity contribution in [2.45, 2.75) is 32.2 Å². The van der Waals surface area contributed by atoms with Crippen LogP contribution in [-0.2, 0) is 5.41 Å². The van der Waals surface area contributed by atoms with Gasteiger partial charge in [-0.05, 0) is 52.9 Å². The second kappa shape index (κ2) is 11.2. The van der Waals surface area contributed by atoms with Crippen molar-refractivity contribution < 1.29 is 4.79 Å². The number of nitrogens with one attached hydrogen (secondary N) is 1. The summed E-state index contributed by atoms with van der Waals surface area (Å²) in [5.74, 6) is -0.0201. The largest absolute Gasteiger partial charge is 0.378 e. The van der Waals surface area contributed by atoms with Crippen LogP contribution in [0.1, 0.15) is 48.3 Å². The highest BCUT2D eigenvalue weighted by molar-refractivity contribution is 5.94. The molecule has 1 unspecified atom stereocenters. The minimum absolute atomic E-state index is 0.0201. The van der Waals surface area contributed by atoms with Gasteiger partial charge in [0.25, 0.3) is 5.91 Å². The SMILES string of the molecule is CN(C)c1ccc(C(CNC(=O)c2ccc(C(C)(C)C)cc2)N2CCN(c3ccccc3)CC2)cc1. The molecular weight excluding hydrogens is 444 g/mol. The predicted octanol–water partition coefficient (Wildman–Crippen LogP) is 5.34. The predicted molar refractivity (Wildman–Crippen MR) is 151 cm³/mol. The summed E-state index contributed by atoms with van der Waals surface area (Å²) >= 11 is 0. The molecule has 190 valence electrons. The molecule has 0 aliphatic carbocycles. The molecule has 36 heavy (non-hydrogen) atoms. The van der Waals surface area contributed by atoms with E-state index in [1.807, 2.05) is 12.1 Å². The third-order valence-corrected chi connectivity index (χ3v) is 7.14. The summed E-state index contributed by atoms with van der Waals surface area (Å²) in [6.45, 7) is 11.0. The maximum atomic E-state index is 13.1. The van der Waals surface area contributed by atoms with E-state index in [2.05, 4.69) is 122 Å². The number of hydrogen-bond donors (Lipinski definition) is 1. The van der Waals surface area contributed by atoms with Crippen LogP contribution in [0.4, 0.5) is 11.4 Å². The molecule has 1 aliphatic rings. The normalized spacial score (nSPS) is 15.4. The van der Waals surface area contributed by atoms with Gasteiger partial charge in [-0.1, -0.05) is 63.2 Å². The zero-order chi connectivity index (χ0) is 25.7. The quantitative estimate of drug-likeness (QED) is 0.491. The van der Waals surface area contributed by atoms with Gasteiger partial charge in [0, 0.05) is 63.8 Å². The van der Waals surface area contributed by atoms with Gasteiger partial charge in [0.1, 0.15) is 0 Å². The molecule has 0 aromatic heterocycles. The molecule has 1 fully saturated rings. The van der Waals surface area contributed by atoms with E-state index in [9.17, 15) is 4.79 Å². The Morgan fingerprint density at radius 2 is 1.47 bits per heavy atom. The van der Waals surface area contributed by atoms with Crippen LogP contribution in [0.2, 0.25) is 0 Å². The van der Waals surface area contributed by atoms with Gasteiger partial charge < -0.3 is 15.1 Å². The summed E-state index contributed by atoms with van der Waals surface area (Å²) in [5.41, 5.74) is 5.69. The monoisotopic (exact) mass is 484 g/mol. The summed E-state index contributed by atoms with van der Waals surface area (Å²) in [7, 11) is 4.11. The number of carbonyl (C=O) groups excluding carboxylic acids is 1. The fourth-order valence-electron chi connectivity index (χ4n) is 4.80. The number of benzene rings is 3. The molecule has 0 spiro atoms. The van der Waals surface area contributed by atoms with Gasteiger partial charge in [0.15, 0.2) is 0 Å². The highest BCUT2D eigenvalue weighted by Crippen LogP contribution is 2.26. The molecule has 5 nitrogen and oxygen atoms in total. The highest BCUT2D eigenvalue weighted by atomic mass is 16.1. The van der Waals surface area contributed by atoms with Crippen LogP contribution in [0.3, 0.4) is 0 Å². The molecule has 1 N–H and O–H groups in total. The molecular formula is C31H40N4O. The second-order valence-electron chi connectivity index (χ2n) is 10.9. The zero-order valence-electron chi connectivity index (χ0n) is 22.4. The molecule has 4 rings (SSSR count). The van der Waals surface area contributed by atoms with Crippen LogP contribution < -0.4 is 15.1 Å². The van der Waals surface area contributed by atoms with Gasteiger partial charge in [-0.25, -0.2) is 0 Å². The van der Waals surface area contributed by atoms with Gasteiger partial charge in [-0.2, -0.15) is 0 Å². The molecule has 0 radical (unpaired) electrons. The smallest absolute Gasteiger partial charge is 0.251 e. The van der Waals surface area contributed by atoms with Crippen molar-refractivity contribution in [2.24, 2.45) is 0 Å². The number of amides is 1. The Balaban J connectivity index is 1.47. The van der Waals surface area contributed by atoms with Crippen molar-refractivity contribution in [3.8, 4) is 0 Å². The Hall–Kier alpha value is -3.31. The third kappa shape index (κ3) is 6.27. The van der Waals surface area contributed by atoms with Crippen molar-refractivity contribution >= 4 is 17.3 Å². The summed E-state index contributed by atoms with van der Waals surface area (Å²) < 4.78 is 0. The van der Waals surface area contributed by atoms with Crippen LogP contribution in [-0.4, -0.2) is 57.6 Å². The molecule has 1 amide bonds. The Labute approximate surface area is 216 Å². The number of hydrogen-bond acceptors (Lipinski definition) is 4. The minimum Gasteiger partial charge on any atom is -0.378 e. The van der Waals surface area contributed by atoms with E-state index in [1.54, 1.807) is 0 Å². The zero-order valence-corrected chi connectivity index (χ0v) is 22.4. The Kier molecular flexibility index (Phi) is 8.00. The summed E-state index contributed by atoms with van der Waals surface area (Å²) in [6, 6.07) is 27.5. The first-order valence-corrected chi connectivity index (χ1v) is 12.9. The van der Waals surface area contributed by atoms with Gasteiger partial charge in [-0.15, -0.1) is 0 Å². The van der Waals surface area contributed by atoms with Crippen LogP contribution in [0.5, 0.6) is 0 Å². The number of nitrogens with zero attached hydrogens (tertiary/aromatic N) is 3. The van der Waals surface area contributed by atoms with Gasteiger partial charge >= 0.3 is 0 Å². The molecule has 0 bridgehead atoms. The minimum atomic E-state index is -0.0201. The number of para-hydroxylation sites is 1. The summed E-state index contributed by atoms with van der Waals surface area (Å²) in [5, 5.41) is 3.23. The Bertz CT molecular complexity index is 1110. The molecule has 3 aromatic carbocycles. The van der Waals surface area contributed by atoms with Crippen molar-refractivity contribution in [1.82, 2.24) is 10.2 Å². The van der Waals surface area contributed by atoms with Gasteiger partial charge in [-0.3, -0.25) is 9.69 Å². The first-order valence-electron chi connectivity index (χ1n) is 12.9. The highest BCUT2D eigenvalue weighted by Gasteiger charge is 2.26. The Morgan fingerprint density at radius 1 is 0.861 bits per heavy atom. The lowest BCUT2D eigenvalue weighted by Crippen LogP contribution is -2.50. The van der Waals surface area contributed by atoms with E-state index in [1.165, 1.54) is 22.5 Å². The van der Waals surface area contributed by atoms with E-state index in [-0.39, 0.29) is 17.4 Å². The maximum absolute atomic E-state index is 13.1. The van der Waals surface area contributed by atoms with E-state index >= 15 is 0 Å². The summed E-state index contributed by atoms with van der Waals surface area (Å²) in [6.07, 6.45) is 0. The van der Waals surface area contributed by atoms with E-state index in [0.29, 0.717) is 12.1 Å². The number of carbonyl (C=O) groups is 1. The molecule has 3 aromatic rings. The fourth-order valence-corrected chi connectivity index (χ4v) is 4.80. The van der Waals surface area contributed by atoms with E-state index in [4.69, 9.17) is 0 Å². The lowest BCUT2D eigenvalue weighted by atomic mass is 9.87. The first-order chi connectivity index (χ1) is 17.2. The van der Waals surface area contributed by atoms with E-state index < -0.39 is 0 Å². The molecule has 1 atom stereocenters. The second-order valence-corrected chi connectivity index (χ2v) is 10.9. The molecule has 1 aliphatic heterocycles. The van der Waals surface area contributed by atoms with E-state index in [0.717, 1.165) is 26.2 Å². The van der Waals surface area contributed by atoms with Gasteiger partial charge in [0.2, 0.25) is 0 Å². The molecule has 0 saturated carbocycles. The Morgan fingerprint density at radius 3 is 2.03 bits per heavy atom. The lowest BCUT2D eigenvalue weighted by Gasteiger charge is -2.40.